The molecule has 0 amide bonds. The van der Waals surface area contributed by atoms with Crippen molar-refractivity contribution in [2.45, 2.75) is 39.0 Å². The van der Waals surface area contributed by atoms with Crippen molar-refractivity contribution in [2.75, 3.05) is 13.2 Å². The Bertz CT molecular complexity index is 230. The summed E-state index contributed by atoms with van der Waals surface area (Å²) in [7, 11) is 0. The second-order valence-corrected chi connectivity index (χ2v) is 3.91. The van der Waals surface area contributed by atoms with Gasteiger partial charge in [0.25, 0.3) is 0 Å². The molecule has 0 spiro atoms. The van der Waals surface area contributed by atoms with Crippen LogP contribution in [-0.2, 0) is 11.2 Å². The summed E-state index contributed by atoms with van der Waals surface area (Å²) in [5, 5.41) is 0. The zero-order valence-corrected chi connectivity index (χ0v) is 9.74. The lowest BCUT2D eigenvalue weighted by molar-refractivity contribution is 0.128. The summed E-state index contributed by atoms with van der Waals surface area (Å²) in [5.74, 6) is 0. The van der Waals surface area contributed by atoms with Crippen molar-refractivity contribution in [1.82, 2.24) is 0 Å². The fraction of sp³-hybridized carbons (Fsp3) is 0.571. The first-order chi connectivity index (χ1) is 7.43. The summed E-state index contributed by atoms with van der Waals surface area (Å²) < 4.78 is 5.56. The van der Waals surface area contributed by atoms with Crippen LogP contribution in [0.15, 0.2) is 30.3 Å². The van der Waals surface area contributed by atoms with Gasteiger partial charge in [0.05, 0.1) is 0 Å². The summed E-state index contributed by atoms with van der Waals surface area (Å²) in [6, 6.07) is 10.6. The van der Waals surface area contributed by atoms with Crippen LogP contribution in [0.4, 0.5) is 0 Å². The Labute approximate surface area is 93.5 Å². The van der Waals surface area contributed by atoms with Crippen LogP contribution in [0.5, 0.6) is 0 Å². The molecule has 0 aromatic heterocycles. The van der Waals surface area contributed by atoms with E-state index < -0.39 is 0 Å². The Morgan fingerprint density at radius 3 is 2.40 bits per heavy atom. The van der Waals surface area contributed by atoms with Gasteiger partial charge in [-0.3, -0.25) is 0 Å². The van der Waals surface area contributed by atoms with Gasteiger partial charge < -0.3 is 4.74 Å². The number of aryl methyl sites for hydroxylation is 1. The Balaban J connectivity index is 1.93. The average molecular weight is 206 g/mol. The molecule has 0 radical (unpaired) electrons. The number of benzene rings is 1. The lowest BCUT2D eigenvalue weighted by Gasteiger charge is -2.03. The average Bonchev–Trinajstić information content (AvgIpc) is 2.29. The van der Waals surface area contributed by atoms with E-state index in [4.69, 9.17) is 4.74 Å². The van der Waals surface area contributed by atoms with Crippen molar-refractivity contribution in [3.63, 3.8) is 0 Å². The van der Waals surface area contributed by atoms with E-state index in [-0.39, 0.29) is 0 Å². The zero-order valence-electron chi connectivity index (χ0n) is 9.74. The van der Waals surface area contributed by atoms with Crippen LogP contribution in [0.25, 0.3) is 0 Å². The minimum absolute atomic E-state index is 0.901. The minimum Gasteiger partial charge on any atom is -0.381 e. The van der Waals surface area contributed by atoms with Crippen LogP contribution in [0.3, 0.4) is 0 Å². The predicted molar refractivity (Wildman–Crippen MR) is 65.1 cm³/mol. The van der Waals surface area contributed by atoms with Gasteiger partial charge >= 0.3 is 0 Å². The van der Waals surface area contributed by atoms with Gasteiger partial charge in [-0.25, -0.2) is 0 Å². The molecule has 0 saturated carbocycles. The van der Waals surface area contributed by atoms with E-state index in [1.54, 1.807) is 0 Å². The molecule has 15 heavy (non-hydrogen) atoms. The summed E-state index contributed by atoms with van der Waals surface area (Å²) in [4.78, 5) is 0. The van der Waals surface area contributed by atoms with Crippen molar-refractivity contribution >= 4 is 0 Å². The van der Waals surface area contributed by atoms with E-state index in [1.807, 2.05) is 0 Å². The molecule has 0 atom stereocenters. The highest BCUT2D eigenvalue weighted by Gasteiger charge is 1.92. The molecule has 1 rings (SSSR count). The SMILES string of the molecule is CCCCCOCCCc1ccccc1. The Kier molecular flexibility index (Phi) is 6.93. The normalized spacial score (nSPS) is 10.5. The monoisotopic (exact) mass is 206 g/mol. The van der Waals surface area contributed by atoms with Crippen molar-refractivity contribution in [1.29, 1.82) is 0 Å². The van der Waals surface area contributed by atoms with E-state index >= 15 is 0 Å². The molecule has 0 N–H and O–H groups in total. The number of hydrogen-bond acceptors (Lipinski definition) is 1. The Morgan fingerprint density at radius 1 is 0.933 bits per heavy atom. The highest BCUT2D eigenvalue weighted by molar-refractivity contribution is 5.14. The highest BCUT2D eigenvalue weighted by Crippen LogP contribution is 2.02. The van der Waals surface area contributed by atoms with Crippen LogP contribution >= 0.6 is 0 Å². The number of ether oxygens (including phenoxy) is 1. The van der Waals surface area contributed by atoms with Gasteiger partial charge in [-0.15, -0.1) is 0 Å². The molecule has 1 heteroatoms. The molecule has 0 aliphatic rings. The summed E-state index contributed by atoms with van der Waals surface area (Å²) in [5.41, 5.74) is 1.41. The van der Waals surface area contributed by atoms with Crippen LogP contribution in [0.2, 0.25) is 0 Å². The van der Waals surface area contributed by atoms with E-state index in [2.05, 4.69) is 37.3 Å². The topological polar surface area (TPSA) is 9.23 Å². The molecule has 1 aromatic rings. The standard InChI is InChI=1S/C14H22O/c1-2-3-7-12-15-13-8-11-14-9-5-4-6-10-14/h4-6,9-10H,2-3,7-8,11-13H2,1H3. The van der Waals surface area contributed by atoms with Gasteiger partial charge in [0.1, 0.15) is 0 Å². The van der Waals surface area contributed by atoms with Crippen LogP contribution in [-0.4, -0.2) is 13.2 Å². The number of unbranched alkanes of at least 4 members (excludes halogenated alkanes) is 2. The van der Waals surface area contributed by atoms with Gasteiger partial charge in [-0.2, -0.15) is 0 Å². The van der Waals surface area contributed by atoms with Crippen LogP contribution in [0, 0.1) is 0 Å². The third kappa shape index (κ3) is 6.29. The maximum Gasteiger partial charge on any atom is 0.0469 e. The maximum atomic E-state index is 5.56. The quantitative estimate of drug-likeness (QED) is 0.587. The van der Waals surface area contributed by atoms with E-state index in [0.29, 0.717) is 0 Å². The summed E-state index contributed by atoms with van der Waals surface area (Å²) in [6.07, 6.45) is 6.04. The molecule has 0 bridgehead atoms. The third-order valence-corrected chi connectivity index (χ3v) is 2.49. The lowest BCUT2D eigenvalue weighted by Crippen LogP contribution is -1.98. The minimum atomic E-state index is 0.901. The summed E-state index contributed by atoms with van der Waals surface area (Å²) in [6.45, 7) is 4.05. The molecule has 1 nitrogen and oxygen atoms in total. The third-order valence-electron chi connectivity index (χ3n) is 2.49. The smallest absolute Gasteiger partial charge is 0.0469 e. The number of hydrogen-bond donors (Lipinski definition) is 0. The Morgan fingerprint density at radius 2 is 1.67 bits per heavy atom. The predicted octanol–water partition coefficient (Wildman–Crippen LogP) is 3.83. The molecular weight excluding hydrogens is 184 g/mol. The fourth-order valence-electron chi connectivity index (χ4n) is 1.58. The molecule has 84 valence electrons. The molecule has 0 aliphatic carbocycles. The molecule has 0 saturated heterocycles. The van der Waals surface area contributed by atoms with E-state index in [1.165, 1.54) is 24.8 Å². The van der Waals surface area contributed by atoms with Gasteiger partial charge in [0, 0.05) is 13.2 Å². The van der Waals surface area contributed by atoms with Gasteiger partial charge in [0.15, 0.2) is 0 Å². The number of rotatable bonds is 8. The van der Waals surface area contributed by atoms with Crippen LogP contribution in [0.1, 0.15) is 38.2 Å². The molecule has 0 fully saturated rings. The largest absolute Gasteiger partial charge is 0.381 e. The molecular formula is C14H22O. The first-order valence-corrected chi connectivity index (χ1v) is 6.05. The first kappa shape index (κ1) is 12.3. The highest BCUT2D eigenvalue weighted by atomic mass is 16.5. The van der Waals surface area contributed by atoms with Crippen LogP contribution < -0.4 is 0 Å². The van der Waals surface area contributed by atoms with Gasteiger partial charge in [-0.1, -0.05) is 50.1 Å². The second kappa shape index (κ2) is 8.49. The molecule has 0 heterocycles. The molecule has 0 aliphatic heterocycles. The summed E-state index contributed by atoms with van der Waals surface area (Å²) >= 11 is 0. The Hall–Kier alpha value is -0.820. The fourth-order valence-corrected chi connectivity index (χ4v) is 1.58. The van der Waals surface area contributed by atoms with Crippen molar-refractivity contribution in [3.8, 4) is 0 Å². The first-order valence-electron chi connectivity index (χ1n) is 6.05. The van der Waals surface area contributed by atoms with E-state index in [0.717, 1.165) is 26.1 Å². The van der Waals surface area contributed by atoms with Gasteiger partial charge in [-0.05, 0) is 24.8 Å². The van der Waals surface area contributed by atoms with E-state index in [9.17, 15) is 0 Å². The molecule has 1 aromatic carbocycles. The molecule has 0 unspecified atom stereocenters. The second-order valence-electron chi connectivity index (χ2n) is 3.91. The lowest BCUT2D eigenvalue weighted by atomic mass is 10.1. The zero-order chi connectivity index (χ0) is 10.8. The van der Waals surface area contributed by atoms with Gasteiger partial charge in [0.2, 0.25) is 0 Å². The van der Waals surface area contributed by atoms with Crippen molar-refractivity contribution < 1.29 is 4.74 Å². The van der Waals surface area contributed by atoms with Crippen molar-refractivity contribution in [3.05, 3.63) is 35.9 Å². The van der Waals surface area contributed by atoms with Crippen molar-refractivity contribution in [2.24, 2.45) is 0 Å². The maximum absolute atomic E-state index is 5.56.